The van der Waals surface area contributed by atoms with Crippen LogP contribution in [-0.4, -0.2) is 45.9 Å². The summed E-state index contributed by atoms with van der Waals surface area (Å²) < 4.78 is 21.2. The van der Waals surface area contributed by atoms with Crippen molar-refractivity contribution in [1.82, 2.24) is 0 Å². The van der Waals surface area contributed by atoms with Gasteiger partial charge in [-0.05, 0) is 48.7 Å². The van der Waals surface area contributed by atoms with Gasteiger partial charge in [0.1, 0.15) is 0 Å². The number of amides is 1. The monoisotopic (exact) mass is 411 g/mol. The van der Waals surface area contributed by atoms with Gasteiger partial charge in [0.25, 0.3) is 5.91 Å². The minimum atomic E-state index is -0.895. The topological polar surface area (TPSA) is 74.3 Å². The SMILES string of the molecule is COc1cc(/C=C/C(=O)O[C@@H](C)C(=O)N2CCc3ccccc32)cc(OC)c1OC. The van der Waals surface area contributed by atoms with Crippen molar-refractivity contribution in [2.24, 2.45) is 0 Å². The number of ether oxygens (including phenoxy) is 4. The highest BCUT2D eigenvalue weighted by molar-refractivity contribution is 6.00. The van der Waals surface area contributed by atoms with Crippen LogP contribution in [0.5, 0.6) is 17.2 Å². The second kappa shape index (κ2) is 9.35. The van der Waals surface area contributed by atoms with Crippen molar-refractivity contribution in [2.45, 2.75) is 19.4 Å². The van der Waals surface area contributed by atoms with Gasteiger partial charge in [0.15, 0.2) is 17.6 Å². The van der Waals surface area contributed by atoms with E-state index in [0.29, 0.717) is 29.4 Å². The molecule has 0 fully saturated rings. The van der Waals surface area contributed by atoms with Crippen molar-refractivity contribution in [3.8, 4) is 17.2 Å². The van der Waals surface area contributed by atoms with E-state index in [0.717, 1.165) is 17.7 Å². The Morgan fingerprint density at radius 2 is 1.70 bits per heavy atom. The third kappa shape index (κ3) is 4.40. The highest BCUT2D eigenvalue weighted by Gasteiger charge is 2.29. The third-order valence-corrected chi connectivity index (χ3v) is 4.89. The lowest BCUT2D eigenvalue weighted by atomic mass is 10.1. The normalized spacial score (nSPS) is 13.7. The van der Waals surface area contributed by atoms with Crippen molar-refractivity contribution in [2.75, 3.05) is 32.8 Å². The summed E-state index contributed by atoms with van der Waals surface area (Å²) in [7, 11) is 4.55. The van der Waals surface area contributed by atoms with Gasteiger partial charge < -0.3 is 23.8 Å². The number of rotatable bonds is 7. The quantitative estimate of drug-likeness (QED) is 0.514. The number of esters is 1. The summed E-state index contributed by atoms with van der Waals surface area (Å²) in [5.74, 6) is 0.554. The van der Waals surface area contributed by atoms with Gasteiger partial charge in [0.2, 0.25) is 5.75 Å². The molecule has 0 N–H and O–H groups in total. The van der Waals surface area contributed by atoms with Gasteiger partial charge in [-0.3, -0.25) is 4.79 Å². The van der Waals surface area contributed by atoms with Crippen LogP contribution in [0.1, 0.15) is 18.1 Å². The van der Waals surface area contributed by atoms with Gasteiger partial charge in [-0.1, -0.05) is 18.2 Å². The molecule has 0 radical (unpaired) electrons. The standard InChI is InChI=1S/C23H25NO6/c1-15(23(26)24-12-11-17-7-5-6-8-18(17)24)30-21(25)10-9-16-13-19(27-2)22(29-4)20(14-16)28-3/h5-10,13-15H,11-12H2,1-4H3/b10-9+/t15-/m0/s1. The molecule has 1 heterocycles. The first-order valence-corrected chi connectivity index (χ1v) is 9.56. The third-order valence-electron chi connectivity index (χ3n) is 4.89. The Balaban J connectivity index is 1.67. The summed E-state index contributed by atoms with van der Waals surface area (Å²) in [6.45, 7) is 2.16. The second-order valence-corrected chi connectivity index (χ2v) is 6.74. The van der Waals surface area contributed by atoms with Crippen LogP contribution in [-0.2, 0) is 20.7 Å². The summed E-state index contributed by atoms with van der Waals surface area (Å²) in [5, 5.41) is 0. The minimum Gasteiger partial charge on any atom is -0.493 e. The fourth-order valence-corrected chi connectivity index (χ4v) is 3.41. The molecule has 0 unspecified atom stereocenters. The predicted octanol–water partition coefficient (Wildman–Crippen LogP) is 3.25. The largest absolute Gasteiger partial charge is 0.493 e. The fourth-order valence-electron chi connectivity index (χ4n) is 3.41. The molecule has 0 aliphatic carbocycles. The van der Waals surface area contributed by atoms with Crippen LogP contribution in [0.15, 0.2) is 42.5 Å². The van der Waals surface area contributed by atoms with Crippen molar-refractivity contribution < 1.29 is 28.5 Å². The summed E-state index contributed by atoms with van der Waals surface area (Å²) in [6, 6.07) is 11.2. The number of hydrogen-bond acceptors (Lipinski definition) is 6. The zero-order chi connectivity index (χ0) is 21.7. The maximum absolute atomic E-state index is 12.7. The van der Waals surface area contributed by atoms with Gasteiger partial charge in [0.05, 0.1) is 21.3 Å². The molecule has 7 heteroatoms. The van der Waals surface area contributed by atoms with Crippen LogP contribution in [0, 0.1) is 0 Å². The Morgan fingerprint density at radius 1 is 1.03 bits per heavy atom. The van der Waals surface area contributed by atoms with Crippen molar-refractivity contribution in [3.05, 3.63) is 53.6 Å². The molecule has 1 amide bonds. The highest BCUT2D eigenvalue weighted by Crippen LogP contribution is 2.38. The van der Waals surface area contributed by atoms with Crippen LogP contribution in [0.3, 0.4) is 0 Å². The number of anilines is 1. The number of para-hydroxylation sites is 1. The molecule has 2 aromatic rings. The molecular weight excluding hydrogens is 386 g/mol. The summed E-state index contributed by atoms with van der Waals surface area (Å²) in [5.41, 5.74) is 2.65. The molecule has 0 saturated heterocycles. The number of carbonyl (C=O) groups is 2. The number of nitrogens with zero attached hydrogens (tertiary/aromatic N) is 1. The molecule has 30 heavy (non-hydrogen) atoms. The van der Waals surface area contributed by atoms with E-state index < -0.39 is 12.1 Å². The molecule has 0 saturated carbocycles. The Labute approximate surface area is 175 Å². The van der Waals surface area contributed by atoms with Gasteiger partial charge >= 0.3 is 5.97 Å². The van der Waals surface area contributed by atoms with Crippen molar-refractivity contribution in [3.63, 3.8) is 0 Å². The molecule has 3 rings (SSSR count). The lowest BCUT2D eigenvalue weighted by Crippen LogP contribution is -2.38. The molecular formula is C23H25NO6. The van der Waals surface area contributed by atoms with E-state index in [-0.39, 0.29) is 5.91 Å². The van der Waals surface area contributed by atoms with E-state index in [1.54, 1.807) is 30.0 Å². The zero-order valence-corrected chi connectivity index (χ0v) is 17.5. The van der Waals surface area contributed by atoms with Crippen LogP contribution < -0.4 is 19.1 Å². The molecule has 0 bridgehead atoms. The molecule has 1 aliphatic heterocycles. The first-order chi connectivity index (χ1) is 14.5. The fraction of sp³-hybridized carbons (Fsp3) is 0.304. The van der Waals surface area contributed by atoms with E-state index >= 15 is 0 Å². The molecule has 0 aromatic heterocycles. The Morgan fingerprint density at radius 3 is 2.33 bits per heavy atom. The van der Waals surface area contributed by atoms with Gasteiger partial charge in [-0.2, -0.15) is 0 Å². The van der Waals surface area contributed by atoms with Crippen LogP contribution >= 0.6 is 0 Å². The Hall–Kier alpha value is -3.48. The van der Waals surface area contributed by atoms with Gasteiger partial charge in [-0.15, -0.1) is 0 Å². The molecule has 158 valence electrons. The first-order valence-electron chi connectivity index (χ1n) is 9.56. The summed E-state index contributed by atoms with van der Waals surface area (Å²) in [4.78, 5) is 26.7. The van der Waals surface area contributed by atoms with Gasteiger partial charge in [0, 0.05) is 18.3 Å². The number of carbonyl (C=O) groups excluding carboxylic acids is 2. The number of benzene rings is 2. The lowest BCUT2D eigenvalue weighted by Gasteiger charge is -2.21. The smallest absolute Gasteiger partial charge is 0.331 e. The first kappa shape index (κ1) is 21.2. The van der Waals surface area contributed by atoms with Crippen molar-refractivity contribution >= 4 is 23.6 Å². The molecule has 2 aromatic carbocycles. The Kier molecular flexibility index (Phi) is 6.61. The minimum absolute atomic E-state index is 0.241. The van der Waals surface area contributed by atoms with Crippen LogP contribution in [0.2, 0.25) is 0 Å². The van der Waals surface area contributed by atoms with E-state index in [2.05, 4.69) is 0 Å². The second-order valence-electron chi connectivity index (χ2n) is 6.74. The molecule has 7 nitrogen and oxygen atoms in total. The van der Waals surface area contributed by atoms with E-state index in [4.69, 9.17) is 18.9 Å². The molecule has 1 atom stereocenters. The number of fused-ring (bicyclic) bond motifs is 1. The Bertz CT molecular complexity index is 943. The maximum atomic E-state index is 12.7. The number of hydrogen-bond donors (Lipinski definition) is 0. The average Bonchev–Trinajstić information content (AvgIpc) is 3.20. The molecule has 0 spiro atoms. The summed E-state index contributed by atoms with van der Waals surface area (Å²) >= 11 is 0. The van der Waals surface area contributed by atoms with E-state index in [1.807, 2.05) is 24.3 Å². The average molecular weight is 411 g/mol. The zero-order valence-electron chi connectivity index (χ0n) is 17.5. The van der Waals surface area contributed by atoms with Crippen LogP contribution in [0.25, 0.3) is 6.08 Å². The number of methoxy groups -OCH3 is 3. The lowest BCUT2D eigenvalue weighted by molar-refractivity contribution is -0.149. The maximum Gasteiger partial charge on any atom is 0.331 e. The summed E-state index contributed by atoms with van der Waals surface area (Å²) in [6.07, 6.45) is 2.73. The van der Waals surface area contributed by atoms with E-state index in [9.17, 15) is 9.59 Å². The van der Waals surface area contributed by atoms with E-state index in [1.165, 1.54) is 27.4 Å². The van der Waals surface area contributed by atoms with Crippen LogP contribution in [0.4, 0.5) is 5.69 Å². The van der Waals surface area contributed by atoms with Gasteiger partial charge in [-0.25, -0.2) is 4.79 Å². The predicted molar refractivity (Wildman–Crippen MR) is 113 cm³/mol. The molecule has 1 aliphatic rings. The van der Waals surface area contributed by atoms with Crippen molar-refractivity contribution in [1.29, 1.82) is 0 Å². The highest BCUT2D eigenvalue weighted by atomic mass is 16.5.